The zero-order valence-corrected chi connectivity index (χ0v) is 9.45. The van der Waals surface area contributed by atoms with Crippen molar-refractivity contribution in [2.45, 2.75) is 51.7 Å². The van der Waals surface area contributed by atoms with Gasteiger partial charge in [-0.15, -0.1) is 0 Å². The Kier molecular flexibility index (Phi) is 5.28. The summed E-state index contributed by atoms with van der Waals surface area (Å²) >= 11 is 0. The molecule has 0 bridgehead atoms. The second kappa shape index (κ2) is 5.70. The summed E-state index contributed by atoms with van der Waals surface area (Å²) < 4.78 is 5.09. The van der Waals surface area contributed by atoms with Gasteiger partial charge in [-0.05, 0) is 20.3 Å². The standard InChI is InChI=1S/C10H19NO4/c1-4-10(2,3)15-9(14)6-7(12)5-8(11)13/h7,12H,4-6H2,1-3H3,(H2,11,13). The summed E-state index contributed by atoms with van der Waals surface area (Å²) in [6.45, 7) is 5.46. The predicted molar refractivity (Wildman–Crippen MR) is 54.9 cm³/mol. The number of aliphatic hydroxyl groups excluding tert-OH is 1. The molecule has 15 heavy (non-hydrogen) atoms. The fourth-order valence-electron chi connectivity index (χ4n) is 0.919. The van der Waals surface area contributed by atoms with Gasteiger partial charge in [-0.3, -0.25) is 9.59 Å². The lowest BCUT2D eigenvalue weighted by Gasteiger charge is -2.23. The average Bonchev–Trinajstić information content (AvgIpc) is 2.00. The highest BCUT2D eigenvalue weighted by molar-refractivity contribution is 5.76. The van der Waals surface area contributed by atoms with Crippen LogP contribution in [0.2, 0.25) is 0 Å². The predicted octanol–water partition coefficient (Wildman–Crippen LogP) is 0.345. The minimum Gasteiger partial charge on any atom is -0.460 e. The molecule has 0 aromatic rings. The average molecular weight is 217 g/mol. The number of esters is 1. The highest BCUT2D eigenvalue weighted by atomic mass is 16.6. The van der Waals surface area contributed by atoms with Crippen molar-refractivity contribution < 1.29 is 19.4 Å². The van der Waals surface area contributed by atoms with E-state index < -0.39 is 23.6 Å². The van der Waals surface area contributed by atoms with E-state index in [2.05, 4.69) is 0 Å². The number of carbonyl (C=O) groups is 2. The van der Waals surface area contributed by atoms with Crippen LogP contribution < -0.4 is 5.73 Å². The van der Waals surface area contributed by atoms with E-state index in [1.807, 2.05) is 6.92 Å². The lowest BCUT2D eigenvalue weighted by molar-refractivity contribution is -0.159. The largest absolute Gasteiger partial charge is 0.460 e. The number of carbonyl (C=O) groups excluding carboxylic acids is 2. The summed E-state index contributed by atoms with van der Waals surface area (Å²) in [4.78, 5) is 21.7. The molecule has 5 heteroatoms. The summed E-state index contributed by atoms with van der Waals surface area (Å²) in [6, 6.07) is 0. The van der Waals surface area contributed by atoms with Crippen LogP contribution in [0.1, 0.15) is 40.0 Å². The smallest absolute Gasteiger partial charge is 0.308 e. The molecule has 1 atom stereocenters. The van der Waals surface area contributed by atoms with Crippen molar-refractivity contribution in [1.82, 2.24) is 0 Å². The van der Waals surface area contributed by atoms with Crippen LogP contribution >= 0.6 is 0 Å². The third-order valence-corrected chi connectivity index (χ3v) is 2.08. The van der Waals surface area contributed by atoms with Gasteiger partial charge in [0, 0.05) is 0 Å². The zero-order chi connectivity index (χ0) is 12.1. The van der Waals surface area contributed by atoms with Crippen LogP contribution in [0, 0.1) is 0 Å². The summed E-state index contributed by atoms with van der Waals surface area (Å²) in [5.74, 6) is -1.15. The topological polar surface area (TPSA) is 89.6 Å². The van der Waals surface area contributed by atoms with E-state index >= 15 is 0 Å². The van der Waals surface area contributed by atoms with Gasteiger partial charge in [-0.25, -0.2) is 0 Å². The molecule has 0 saturated heterocycles. The number of amides is 1. The molecule has 1 amide bonds. The van der Waals surface area contributed by atoms with E-state index in [-0.39, 0.29) is 12.8 Å². The SMILES string of the molecule is CCC(C)(C)OC(=O)CC(O)CC(N)=O. The first-order chi connectivity index (χ1) is 6.76. The van der Waals surface area contributed by atoms with Crippen LogP contribution in [-0.2, 0) is 14.3 Å². The Morgan fingerprint density at radius 2 is 1.93 bits per heavy atom. The maximum Gasteiger partial charge on any atom is 0.308 e. The van der Waals surface area contributed by atoms with E-state index in [0.29, 0.717) is 6.42 Å². The van der Waals surface area contributed by atoms with Crippen LogP contribution in [0.3, 0.4) is 0 Å². The quantitative estimate of drug-likeness (QED) is 0.628. The van der Waals surface area contributed by atoms with Crippen LogP contribution in [0.15, 0.2) is 0 Å². The maximum atomic E-state index is 11.3. The molecule has 1 unspecified atom stereocenters. The van der Waals surface area contributed by atoms with Gasteiger partial charge in [-0.1, -0.05) is 6.92 Å². The first-order valence-electron chi connectivity index (χ1n) is 4.95. The number of hydrogen-bond donors (Lipinski definition) is 2. The summed E-state index contributed by atoms with van der Waals surface area (Å²) in [7, 11) is 0. The van der Waals surface area contributed by atoms with E-state index in [1.165, 1.54) is 0 Å². The molecule has 0 heterocycles. The molecule has 0 saturated carbocycles. The molecule has 0 aliphatic heterocycles. The molecule has 0 aromatic carbocycles. The second-order valence-corrected chi connectivity index (χ2v) is 4.12. The molecule has 88 valence electrons. The molecule has 0 fully saturated rings. The van der Waals surface area contributed by atoms with Gasteiger partial charge < -0.3 is 15.6 Å². The molecule has 0 rings (SSSR count). The monoisotopic (exact) mass is 217 g/mol. The van der Waals surface area contributed by atoms with Crippen molar-refractivity contribution in [2.24, 2.45) is 5.73 Å². The van der Waals surface area contributed by atoms with Crippen LogP contribution in [0.5, 0.6) is 0 Å². The molecule has 3 N–H and O–H groups in total. The van der Waals surface area contributed by atoms with Gasteiger partial charge in [0.15, 0.2) is 0 Å². The van der Waals surface area contributed by atoms with Gasteiger partial charge in [0.25, 0.3) is 0 Å². The Balaban J connectivity index is 3.98. The highest BCUT2D eigenvalue weighted by Gasteiger charge is 2.22. The Morgan fingerprint density at radius 1 is 1.40 bits per heavy atom. The minimum absolute atomic E-state index is 0.202. The van der Waals surface area contributed by atoms with E-state index in [9.17, 15) is 14.7 Å². The van der Waals surface area contributed by atoms with Crippen molar-refractivity contribution in [1.29, 1.82) is 0 Å². The van der Waals surface area contributed by atoms with Crippen LogP contribution in [0.25, 0.3) is 0 Å². The lowest BCUT2D eigenvalue weighted by Crippen LogP contribution is -2.30. The zero-order valence-electron chi connectivity index (χ0n) is 9.45. The molecule has 0 radical (unpaired) electrons. The molecule has 0 aromatic heterocycles. The number of ether oxygens (including phenoxy) is 1. The van der Waals surface area contributed by atoms with Crippen molar-refractivity contribution in [3.05, 3.63) is 0 Å². The maximum absolute atomic E-state index is 11.3. The van der Waals surface area contributed by atoms with Crippen molar-refractivity contribution in [3.8, 4) is 0 Å². The minimum atomic E-state index is -1.05. The number of aliphatic hydroxyl groups is 1. The van der Waals surface area contributed by atoms with E-state index in [1.54, 1.807) is 13.8 Å². The highest BCUT2D eigenvalue weighted by Crippen LogP contribution is 2.15. The van der Waals surface area contributed by atoms with Gasteiger partial charge in [0.05, 0.1) is 18.9 Å². The normalized spacial score (nSPS) is 13.3. The Labute approximate surface area is 89.6 Å². The molecule has 5 nitrogen and oxygen atoms in total. The first-order valence-corrected chi connectivity index (χ1v) is 4.95. The van der Waals surface area contributed by atoms with Crippen LogP contribution in [-0.4, -0.2) is 28.7 Å². The van der Waals surface area contributed by atoms with Gasteiger partial charge >= 0.3 is 5.97 Å². The number of rotatable bonds is 6. The van der Waals surface area contributed by atoms with Gasteiger partial charge in [-0.2, -0.15) is 0 Å². The van der Waals surface area contributed by atoms with Crippen molar-refractivity contribution in [3.63, 3.8) is 0 Å². The Hall–Kier alpha value is -1.10. The van der Waals surface area contributed by atoms with E-state index in [4.69, 9.17) is 10.5 Å². The molecule has 0 spiro atoms. The van der Waals surface area contributed by atoms with Crippen molar-refractivity contribution >= 4 is 11.9 Å². The first kappa shape index (κ1) is 13.9. The number of nitrogens with two attached hydrogens (primary N) is 1. The molecule has 0 aliphatic carbocycles. The third kappa shape index (κ3) is 6.90. The summed E-state index contributed by atoms with van der Waals surface area (Å²) in [5.41, 5.74) is 4.33. The molecular formula is C10H19NO4. The number of hydrogen-bond acceptors (Lipinski definition) is 4. The van der Waals surface area contributed by atoms with Gasteiger partial charge in [0.2, 0.25) is 5.91 Å². The third-order valence-electron chi connectivity index (χ3n) is 2.08. The fourth-order valence-corrected chi connectivity index (χ4v) is 0.919. The van der Waals surface area contributed by atoms with Crippen molar-refractivity contribution in [2.75, 3.05) is 0 Å². The van der Waals surface area contributed by atoms with E-state index in [0.717, 1.165) is 0 Å². The van der Waals surface area contributed by atoms with Gasteiger partial charge in [0.1, 0.15) is 5.60 Å². The summed E-state index contributed by atoms with van der Waals surface area (Å²) in [5, 5.41) is 9.26. The second-order valence-electron chi connectivity index (χ2n) is 4.12. The fraction of sp³-hybridized carbons (Fsp3) is 0.800. The summed E-state index contributed by atoms with van der Waals surface area (Å²) in [6.07, 6.45) is -0.791. The Bertz CT molecular complexity index is 238. The Morgan fingerprint density at radius 3 is 2.33 bits per heavy atom. The van der Waals surface area contributed by atoms with Crippen LogP contribution in [0.4, 0.5) is 0 Å². The molecule has 0 aliphatic rings. The lowest BCUT2D eigenvalue weighted by atomic mass is 10.1. The molecular weight excluding hydrogens is 198 g/mol. The number of primary amides is 1.